The van der Waals surface area contributed by atoms with E-state index in [9.17, 15) is 14.4 Å². The van der Waals surface area contributed by atoms with Crippen LogP contribution in [0.15, 0.2) is 17.8 Å². The summed E-state index contributed by atoms with van der Waals surface area (Å²) in [5.41, 5.74) is 0.537. The highest BCUT2D eigenvalue weighted by atomic mass is 35.5. The second-order valence-corrected chi connectivity index (χ2v) is 5.33. The van der Waals surface area contributed by atoms with Gasteiger partial charge in [-0.2, -0.15) is 0 Å². The summed E-state index contributed by atoms with van der Waals surface area (Å²) in [4.78, 5) is 36.2. The lowest BCUT2D eigenvalue weighted by molar-refractivity contribution is -0.143. The zero-order valence-corrected chi connectivity index (χ0v) is 14.7. The largest absolute Gasteiger partial charge is 0.491 e. The van der Waals surface area contributed by atoms with Gasteiger partial charge in [0.2, 0.25) is 0 Å². The standard InChI is InChI=1S/C16H17ClN2O6/c1-4-25-12-7-9(5-10(17)14(12)24-3)6-11-15(21)19(16(22)18-11)8-13(20)23-2/h5-7H,4,8H2,1-3H3,(H,18,22). The summed E-state index contributed by atoms with van der Waals surface area (Å²) >= 11 is 6.16. The quantitative estimate of drug-likeness (QED) is 0.467. The molecule has 0 unspecified atom stereocenters. The smallest absolute Gasteiger partial charge is 0.329 e. The molecule has 0 saturated carbocycles. The van der Waals surface area contributed by atoms with E-state index in [1.165, 1.54) is 20.3 Å². The molecule has 1 saturated heterocycles. The van der Waals surface area contributed by atoms with E-state index in [1.54, 1.807) is 12.1 Å². The van der Waals surface area contributed by atoms with Crippen LogP contribution < -0.4 is 14.8 Å². The Hall–Kier alpha value is -2.74. The van der Waals surface area contributed by atoms with Gasteiger partial charge >= 0.3 is 12.0 Å². The van der Waals surface area contributed by atoms with E-state index >= 15 is 0 Å². The maximum atomic E-state index is 12.3. The summed E-state index contributed by atoms with van der Waals surface area (Å²) in [5.74, 6) is -0.552. The first-order valence-corrected chi connectivity index (χ1v) is 7.70. The molecule has 1 aromatic rings. The van der Waals surface area contributed by atoms with E-state index in [4.69, 9.17) is 21.1 Å². The van der Waals surface area contributed by atoms with Crippen molar-refractivity contribution in [1.82, 2.24) is 10.2 Å². The van der Waals surface area contributed by atoms with Crippen molar-refractivity contribution in [3.8, 4) is 11.5 Å². The Morgan fingerprint density at radius 2 is 2.04 bits per heavy atom. The number of rotatable bonds is 6. The number of ether oxygens (including phenoxy) is 3. The molecule has 9 heteroatoms. The summed E-state index contributed by atoms with van der Waals surface area (Å²) in [6.45, 7) is 1.74. The van der Waals surface area contributed by atoms with Gasteiger partial charge in [0.05, 0.1) is 25.8 Å². The van der Waals surface area contributed by atoms with Gasteiger partial charge in [-0.05, 0) is 30.7 Å². The molecule has 1 aromatic carbocycles. The van der Waals surface area contributed by atoms with Gasteiger partial charge in [0.25, 0.3) is 5.91 Å². The van der Waals surface area contributed by atoms with Gasteiger partial charge in [-0.25, -0.2) is 9.69 Å². The Kier molecular flexibility index (Phi) is 5.87. The zero-order valence-electron chi connectivity index (χ0n) is 13.9. The minimum atomic E-state index is -0.703. The summed E-state index contributed by atoms with van der Waals surface area (Å²) < 4.78 is 15.1. The van der Waals surface area contributed by atoms with Crippen LogP contribution in [0.25, 0.3) is 6.08 Å². The summed E-state index contributed by atoms with van der Waals surface area (Å²) in [6, 6.07) is 2.49. The normalized spacial score (nSPS) is 15.4. The Bertz CT molecular complexity index is 746. The number of carbonyl (C=O) groups is 3. The van der Waals surface area contributed by atoms with Crippen molar-refractivity contribution in [3.63, 3.8) is 0 Å². The highest BCUT2D eigenvalue weighted by Gasteiger charge is 2.35. The van der Waals surface area contributed by atoms with Crippen molar-refractivity contribution >= 4 is 35.6 Å². The van der Waals surface area contributed by atoms with Crippen LogP contribution >= 0.6 is 11.6 Å². The summed E-state index contributed by atoms with van der Waals surface area (Å²) in [6.07, 6.45) is 1.44. The van der Waals surface area contributed by atoms with Crippen LogP contribution in [0.3, 0.4) is 0 Å². The molecule has 1 heterocycles. The molecule has 0 spiro atoms. The number of urea groups is 1. The maximum Gasteiger partial charge on any atom is 0.329 e. The van der Waals surface area contributed by atoms with E-state index in [0.29, 0.717) is 28.7 Å². The molecule has 1 aliphatic rings. The lowest BCUT2D eigenvalue weighted by Crippen LogP contribution is -2.36. The molecule has 0 bridgehead atoms. The molecule has 0 radical (unpaired) electrons. The van der Waals surface area contributed by atoms with Gasteiger partial charge in [-0.3, -0.25) is 9.59 Å². The predicted molar refractivity (Wildman–Crippen MR) is 89.4 cm³/mol. The third-order valence-electron chi connectivity index (χ3n) is 3.32. The molecule has 0 aromatic heterocycles. The maximum absolute atomic E-state index is 12.3. The van der Waals surface area contributed by atoms with Crippen molar-refractivity contribution in [2.75, 3.05) is 27.4 Å². The molecule has 134 valence electrons. The second-order valence-electron chi connectivity index (χ2n) is 4.92. The topological polar surface area (TPSA) is 94.2 Å². The molecular formula is C16H17ClN2O6. The summed E-state index contributed by atoms with van der Waals surface area (Å²) in [5, 5.41) is 2.70. The number of amides is 3. The third-order valence-corrected chi connectivity index (χ3v) is 3.60. The van der Waals surface area contributed by atoms with Crippen LogP contribution in [0.5, 0.6) is 11.5 Å². The fourth-order valence-corrected chi connectivity index (χ4v) is 2.50. The summed E-state index contributed by atoms with van der Waals surface area (Å²) in [7, 11) is 2.64. The monoisotopic (exact) mass is 368 g/mol. The number of nitrogens with one attached hydrogen (secondary N) is 1. The minimum absolute atomic E-state index is 0.0117. The molecule has 2 rings (SSSR count). The number of carbonyl (C=O) groups excluding carboxylic acids is 3. The van der Waals surface area contributed by atoms with Crippen molar-refractivity contribution in [2.45, 2.75) is 6.92 Å². The van der Waals surface area contributed by atoms with Gasteiger partial charge < -0.3 is 19.5 Å². The molecule has 0 atom stereocenters. The van der Waals surface area contributed by atoms with E-state index in [1.807, 2.05) is 6.92 Å². The highest BCUT2D eigenvalue weighted by Crippen LogP contribution is 2.37. The molecule has 0 aliphatic carbocycles. The highest BCUT2D eigenvalue weighted by molar-refractivity contribution is 6.32. The Morgan fingerprint density at radius 3 is 2.64 bits per heavy atom. The van der Waals surface area contributed by atoms with Gasteiger partial charge in [0.1, 0.15) is 12.2 Å². The first kappa shape index (κ1) is 18.6. The SMILES string of the molecule is CCOc1cc(C=C2NC(=O)N(CC(=O)OC)C2=O)cc(Cl)c1OC. The van der Waals surface area contributed by atoms with Crippen LogP contribution in [0.1, 0.15) is 12.5 Å². The number of esters is 1. The fourth-order valence-electron chi connectivity index (χ4n) is 2.21. The third kappa shape index (κ3) is 4.03. The van der Waals surface area contributed by atoms with Gasteiger partial charge in [0, 0.05) is 0 Å². The first-order chi connectivity index (χ1) is 11.9. The molecule has 1 fully saturated rings. The number of methoxy groups -OCH3 is 2. The number of hydrogen-bond donors (Lipinski definition) is 1. The van der Waals surface area contributed by atoms with Crippen LogP contribution in [0, 0.1) is 0 Å². The fraction of sp³-hybridized carbons (Fsp3) is 0.312. The van der Waals surface area contributed by atoms with Crippen LogP contribution in [-0.2, 0) is 14.3 Å². The van der Waals surface area contributed by atoms with Gasteiger partial charge in [-0.1, -0.05) is 11.6 Å². The van der Waals surface area contributed by atoms with Crippen molar-refractivity contribution in [2.24, 2.45) is 0 Å². The molecule has 8 nitrogen and oxygen atoms in total. The average Bonchev–Trinajstić information content (AvgIpc) is 2.82. The molecule has 1 N–H and O–H groups in total. The predicted octanol–water partition coefficient (Wildman–Crippen LogP) is 1.81. The van der Waals surface area contributed by atoms with E-state index < -0.39 is 24.5 Å². The lowest BCUT2D eigenvalue weighted by atomic mass is 10.1. The lowest BCUT2D eigenvalue weighted by Gasteiger charge is -2.12. The Morgan fingerprint density at radius 1 is 1.32 bits per heavy atom. The Labute approximate surface area is 149 Å². The van der Waals surface area contributed by atoms with Gasteiger partial charge in [0.15, 0.2) is 11.5 Å². The molecule has 25 heavy (non-hydrogen) atoms. The van der Waals surface area contributed by atoms with E-state index in [0.717, 1.165) is 4.90 Å². The van der Waals surface area contributed by atoms with E-state index in [-0.39, 0.29) is 5.70 Å². The van der Waals surface area contributed by atoms with Crippen molar-refractivity contribution < 1.29 is 28.6 Å². The van der Waals surface area contributed by atoms with Crippen molar-refractivity contribution in [3.05, 3.63) is 28.4 Å². The Balaban J connectivity index is 2.33. The number of imide groups is 1. The molecule has 3 amide bonds. The van der Waals surface area contributed by atoms with E-state index in [2.05, 4.69) is 10.1 Å². The number of nitrogens with zero attached hydrogens (tertiary/aromatic N) is 1. The number of benzene rings is 1. The van der Waals surface area contributed by atoms with Crippen molar-refractivity contribution in [1.29, 1.82) is 0 Å². The number of halogens is 1. The zero-order chi connectivity index (χ0) is 18.6. The van der Waals surface area contributed by atoms with Gasteiger partial charge in [-0.15, -0.1) is 0 Å². The average molecular weight is 369 g/mol. The van der Waals surface area contributed by atoms with Crippen LogP contribution in [-0.4, -0.2) is 50.2 Å². The van der Waals surface area contributed by atoms with Crippen LogP contribution in [0.2, 0.25) is 5.02 Å². The second kappa shape index (κ2) is 7.89. The minimum Gasteiger partial charge on any atom is -0.491 e. The number of hydrogen-bond acceptors (Lipinski definition) is 6. The molecule has 1 aliphatic heterocycles. The van der Waals surface area contributed by atoms with Crippen LogP contribution in [0.4, 0.5) is 4.79 Å². The molecular weight excluding hydrogens is 352 g/mol. The first-order valence-electron chi connectivity index (χ1n) is 7.33.